The SMILES string of the molecule is CCOc1ccccc1/C=C/C(=O)OCC(=O)Nc1ccc(F)c([N+](=O)[O-])c1. The van der Waals surface area contributed by atoms with Gasteiger partial charge in [-0.25, -0.2) is 4.79 Å². The second kappa shape index (κ2) is 9.81. The molecule has 8 nitrogen and oxygen atoms in total. The normalized spacial score (nSPS) is 10.5. The maximum absolute atomic E-state index is 13.3. The Morgan fingerprint density at radius 3 is 2.71 bits per heavy atom. The Labute approximate surface area is 159 Å². The van der Waals surface area contributed by atoms with Gasteiger partial charge < -0.3 is 14.8 Å². The number of nitrogens with one attached hydrogen (secondary N) is 1. The number of halogens is 1. The van der Waals surface area contributed by atoms with Crippen molar-refractivity contribution in [3.8, 4) is 5.75 Å². The van der Waals surface area contributed by atoms with Crippen LogP contribution in [0.4, 0.5) is 15.8 Å². The predicted octanol–water partition coefficient (Wildman–Crippen LogP) is 3.33. The average molecular weight is 388 g/mol. The fraction of sp³-hybridized carbons (Fsp3) is 0.158. The van der Waals surface area contributed by atoms with E-state index in [0.29, 0.717) is 17.9 Å². The van der Waals surface area contributed by atoms with Crippen molar-refractivity contribution in [2.75, 3.05) is 18.5 Å². The third kappa shape index (κ3) is 5.90. The van der Waals surface area contributed by atoms with Crippen molar-refractivity contribution >= 4 is 29.3 Å². The first kappa shape index (κ1) is 20.6. The Hall–Kier alpha value is -3.75. The highest BCUT2D eigenvalue weighted by Gasteiger charge is 2.15. The summed E-state index contributed by atoms with van der Waals surface area (Å²) in [6.07, 6.45) is 2.64. The second-order valence-electron chi connectivity index (χ2n) is 5.38. The Morgan fingerprint density at radius 1 is 1.25 bits per heavy atom. The van der Waals surface area contributed by atoms with E-state index in [4.69, 9.17) is 9.47 Å². The first-order valence-corrected chi connectivity index (χ1v) is 8.21. The lowest BCUT2D eigenvalue weighted by Crippen LogP contribution is -2.20. The van der Waals surface area contributed by atoms with Gasteiger partial charge in [-0.2, -0.15) is 4.39 Å². The second-order valence-corrected chi connectivity index (χ2v) is 5.38. The van der Waals surface area contributed by atoms with Gasteiger partial charge in [-0.3, -0.25) is 14.9 Å². The molecule has 2 aromatic carbocycles. The molecule has 0 unspecified atom stereocenters. The molecular weight excluding hydrogens is 371 g/mol. The maximum atomic E-state index is 13.3. The summed E-state index contributed by atoms with van der Waals surface area (Å²) in [7, 11) is 0. The van der Waals surface area contributed by atoms with E-state index in [0.717, 1.165) is 24.3 Å². The molecule has 0 heterocycles. The number of nitro groups is 1. The van der Waals surface area contributed by atoms with Crippen LogP contribution in [0.3, 0.4) is 0 Å². The first-order valence-electron chi connectivity index (χ1n) is 8.21. The fourth-order valence-corrected chi connectivity index (χ4v) is 2.18. The van der Waals surface area contributed by atoms with Gasteiger partial charge in [0, 0.05) is 23.4 Å². The summed E-state index contributed by atoms with van der Waals surface area (Å²) in [5.74, 6) is -1.90. The van der Waals surface area contributed by atoms with E-state index in [2.05, 4.69) is 5.32 Å². The number of anilines is 1. The molecule has 9 heteroatoms. The molecule has 0 bridgehead atoms. The van der Waals surface area contributed by atoms with Crippen LogP contribution in [0.2, 0.25) is 0 Å². The molecule has 0 aromatic heterocycles. The van der Waals surface area contributed by atoms with Crippen LogP contribution in [0, 0.1) is 15.9 Å². The molecule has 0 atom stereocenters. The number of hydrogen-bond acceptors (Lipinski definition) is 6. The predicted molar refractivity (Wildman–Crippen MR) is 99.3 cm³/mol. The minimum Gasteiger partial charge on any atom is -0.493 e. The van der Waals surface area contributed by atoms with Crippen molar-refractivity contribution in [1.82, 2.24) is 0 Å². The molecule has 0 spiro atoms. The van der Waals surface area contributed by atoms with Crippen LogP contribution in [0.15, 0.2) is 48.5 Å². The number of carbonyl (C=O) groups excluding carboxylic acids is 2. The van der Waals surface area contributed by atoms with Crippen LogP contribution in [0.1, 0.15) is 12.5 Å². The number of esters is 1. The molecule has 1 amide bonds. The van der Waals surface area contributed by atoms with Crippen molar-refractivity contribution in [3.63, 3.8) is 0 Å². The van der Waals surface area contributed by atoms with Crippen molar-refractivity contribution < 1.29 is 28.4 Å². The molecule has 1 N–H and O–H groups in total. The number of nitrogens with zero attached hydrogens (tertiary/aromatic N) is 1. The van der Waals surface area contributed by atoms with Gasteiger partial charge in [0.2, 0.25) is 5.82 Å². The number of amides is 1. The molecule has 0 aliphatic heterocycles. The van der Waals surface area contributed by atoms with E-state index in [9.17, 15) is 24.1 Å². The van der Waals surface area contributed by atoms with E-state index >= 15 is 0 Å². The molecule has 28 heavy (non-hydrogen) atoms. The van der Waals surface area contributed by atoms with E-state index in [-0.39, 0.29) is 5.69 Å². The lowest BCUT2D eigenvalue weighted by molar-refractivity contribution is -0.387. The minimum atomic E-state index is -1.02. The summed E-state index contributed by atoms with van der Waals surface area (Å²) < 4.78 is 23.5. The van der Waals surface area contributed by atoms with Crippen molar-refractivity contribution in [1.29, 1.82) is 0 Å². The van der Waals surface area contributed by atoms with Crippen molar-refractivity contribution in [2.45, 2.75) is 6.92 Å². The van der Waals surface area contributed by atoms with Gasteiger partial charge in [-0.05, 0) is 31.2 Å². The smallest absolute Gasteiger partial charge is 0.331 e. The largest absolute Gasteiger partial charge is 0.493 e. The molecule has 0 fully saturated rings. The van der Waals surface area contributed by atoms with Crippen molar-refractivity contribution in [3.05, 3.63) is 70.0 Å². The summed E-state index contributed by atoms with van der Waals surface area (Å²) in [5, 5.41) is 13.0. The highest BCUT2D eigenvalue weighted by molar-refractivity contribution is 5.95. The first-order chi connectivity index (χ1) is 13.4. The number of benzene rings is 2. The maximum Gasteiger partial charge on any atom is 0.331 e. The standard InChI is InChI=1S/C19H17FN2O6/c1-2-27-17-6-4-3-5-13(17)7-10-19(24)28-12-18(23)21-14-8-9-15(20)16(11-14)22(25)26/h3-11H,2,12H2,1H3,(H,21,23)/b10-7+. The number of nitro benzene ring substituents is 1. The van der Waals surface area contributed by atoms with Crippen LogP contribution in [-0.2, 0) is 14.3 Å². The lowest BCUT2D eigenvalue weighted by atomic mass is 10.2. The van der Waals surface area contributed by atoms with Crippen LogP contribution in [0.25, 0.3) is 6.08 Å². The topological polar surface area (TPSA) is 108 Å². The highest BCUT2D eigenvalue weighted by atomic mass is 19.1. The fourth-order valence-electron chi connectivity index (χ4n) is 2.18. The summed E-state index contributed by atoms with van der Waals surface area (Å²) in [4.78, 5) is 33.4. The number of carbonyl (C=O) groups is 2. The molecule has 0 aliphatic carbocycles. The van der Waals surface area contributed by atoms with Gasteiger partial charge >= 0.3 is 11.7 Å². The molecular formula is C19H17FN2O6. The van der Waals surface area contributed by atoms with E-state index in [1.165, 1.54) is 6.08 Å². The van der Waals surface area contributed by atoms with E-state index in [1.807, 2.05) is 6.92 Å². The third-order valence-corrected chi connectivity index (χ3v) is 3.39. The highest BCUT2D eigenvalue weighted by Crippen LogP contribution is 2.21. The molecule has 0 saturated carbocycles. The molecule has 0 aliphatic rings. The Kier molecular flexibility index (Phi) is 7.21. The zero-order valence-electron chi connectivity index (χ0n) is 14.9. The Balaban J connectivity index is 1.90. The quantitative estimate of drug-likeness (QED) is 0.322. The summed E-state index contributed by atoms with van der Waals surface area (Å²) in [6, 6.07) is 9.98. The lowest BCUT2D eigenvalue weighted by Gasteiger charge is -2.07. The summed E-state index contributed by atoms with van der Waals surface area (Å²) in [6.45, 7) is 1.70. The molecule has 0 radical (unpaired) electrons. The van der Waals surface area contributed by atoms with Crippen LogP contribution in [-0.4, -0.2) is 30.0 Å². The molecule has 0 saturated heterocycles. The van der Waals surface area contributed by atoms with Gasteiger partial charge in [-0.1, -0.05) is 18.2 Å². The average Bonchev–Trinajstić information content (AvgIpc) is 2.67. The summed E-state index contributed by atoms with van der Waals surface area (Å²) in [5.41, 5.74) is -0.0922. The van der Waals surface area contributed by atoms with E-state index < -0.39 is 34.9 Å². The number of rotatable bonds is 8. The molecule has 2 rings (SSSR count). The number of ether oxygens (including phenoxy) is 2. The molecule has 146 valence electrons. The van der Waals surface area contributed by atoms with Gasteiger partial charge in [-0.15, -0.1) is 0 Å². The number of hydrogen-bond donors (Lipinski definition) is 1. The van der Waals surface area contributed by atoms with Gasteiger partial charge in [0.15, 0.2) is 6.61 Å². The van der Waals surface area contributed by atoms with Gasteiger partial charge in [0.05, 0.1) is 11.5 Å². The molecule has 2 aromatic rings. The van der Waals surface area contributed by atoms with Crippen molar-refractivity contribution in [2.24, 2.45) is 0 Å². The van der Waals surface area contributed by atoms with Gasteiger partial charge in [0.25, 0.3) is 5.91 Å². The monoisotopic (exact) mass is 388 g/mol. The Bertz CT molecular complexity index is 913. The minimum absolute atomic E-state index is 0.00957. The van der Waals surface area contributed by atoms with Crippen LogP contribution in [0.5, 0.6) is 5.75 Å². The van der Waals surface area contributed by atoms with E-state index in [1.54, 1.807) is 24.3 Å². The van der Waals surface area contributed by atoms with Gasteiger partial charge in [0.1, 0.15) is 5.75 Å². The van der Waals surface area contributed by atoms with Crippen LogP contribution < -0.4 is 10.1 Å². The zero-order chi connectivity index (χ0) is 20.5. The third-order valence-electron chi connectivity index (χ3n) is 3.39. The van der Waals surface area contributed by atoms with Crippen LogP contribution >= 0.6 is 0 Å². The number of para-hydroxylation sites is 1. The zero-order valence-corrected chi connectivity index (χ0v) is 14.9. The summed E-state index contributed by atoms with van der Waals surface area (Å²) >= 11 is 0. The Morgan fingerprint density at radius 2 is 2.00 bits per heavy atom.